The van der Waals surface area contributed by atoms with Crippen LogP contribution in [0.4, 0.5) is 0 Å². The Morgan fingerprint density at radius 1 is 1.21 bits per heavy atom. The molecule has 0 aliphatic rings. The average Bonchev–Trinajstić information content (AvgIpc) is 3.31. The third kappa shape index (κ3) is 2.48. The first-order valence-electron chi connectivity index (χ1n) is 7.85. The van der Waals surface area contributed by atoms with Crippen molar-refractivity contribution in [2.24, 2.45) is 0 Å². The molecule has 0 aliphatic heterocycles. The van der Waals surface area contributed by atoms with Gasteiger partial charge in [0.2, 0.25) is 0 Å². The van der Waals surface area contributed by atoms with Gasteiger partial charge in [0, 0.05) is 29.5 Å². The Morgan fingerprint density at radius 2 is 2.12 bits per heavy atom. The lowest BCUT2D eigenvalue weighted by molar-refractivity contribution is 0.636. The molecule has 4 aromatic heterocycles. The molecule has 0 radical (unpaired) electrons. The molecule has 0 saturated carbocycles. The summed E-state index contributed by atoms with van der Waals surface area (Å²) in [7, 11) is 0. The van der Waals surface area contributed by atoms with Crippen LogP contribution < -0.4 is 0 Å². The van der Waals surface area contributed by atoms with E-state index < -0.39 is 0 Å². The zero-order valence-electron chi connectivity index (χ0n) is 13.5. The molecular formula is C16H17N7S. The van der Waals surface area contributed by atoms with E-state index in [0.29, 0.717) is 0 Å². The van der Waals surface area contributed by atoms with E-state index in [2.05, 4.69) is 27.0 Å². The summed E-state index contributed by atoms with van der Waals surface area (Å²) in [5, 5.41) is 7.36. The van der Waals surface area contributed by atoms with Gasteiger partial charge < -0.3 is 4.57 Å². The molecule has 0 amide bonds. The number of fused-ring (bicyclic) bond motifs is 1. The molecule has 4 heterocycles. The Hall–Kier alpha value is -2.61. The van der Waals surface area contributed by atoms with Crippen LogP contribution in [0.15, 0.2) is 36.6 Å². The van der Waals surface area contributed by atoms with Gasteiger partial charge in [0.15, 0.2) is 5.65 Å². The fourth-order valence-corrected chi connectivity index (χ4v) is 3.67. The molecule has 24 heavy (non-hydrogen) atoms. The zero-order valence-corrected chi connectivity index (χ0v) is 14.3. The van der Waals surface area contributed by atoms with Crippen LogP contribution in [0.1, 0.15) is 41.5 Å². The fourth-order valence-electron chi connectivity index (χ4n) is 2.93. The first-order chi connectivity index (χ1) is 11.8. The smallest absolute Gasteiger partial charge is 0.162 e. The lowest BCUT2D eigenvalue weighted by Gasteiger charge is -2.19. The van der Waals surface area contributed by atoms with Gasteiger partial charge in [-0.3, -0.25) is 0 Å². The van der Waals surface area contributed by atoms with Crippen molar-refractivity contribution in [2.75, 3.05) is 0 Å². The molecule has 0 N–H and O–H groups in total. The summed E-state index contributed by atoms with van der Waals surface area (Å²) in [6, 6.07) is -0.101. The van der Waals surface area contributed by atoms with Gasteiger partial charge in [-0.25, -0.2) is 24.5 Å². The highest BCUT2D eigenvalue weighted by atomic mass is 32.1. The van der Waals surface area contributed by atoms with Gasteiger partial charge in [0.1, 0.15) is 23.2 Å². The van der Waals surface area contributed by atoms with E-state index in [1.807, 2.05) is 35.6 Å². The van der Waals surface area contributed by atoms with E-state index in [-0.39, 0.29) is 6.04 Å². The molecule has 0 aromatic carbocycles. The molecule has 7 nitrogen and oxygen atoms in total. The maximum atomic E-state index is 4.73. The average molecular weight is 339 g/mol. The third-order valence-electron chi connectivity index (χ3n) is 3.89. The number of hydrogen-bond acceptors (Lipinski definition) is 6. The molecule has 4 aromatic rings. The summed E-state index contributed by atoms with van der Waals surface area (Å²) in [5.41, 5.74) is 2.96. The summed E-state index contributed by atoms with van der Waals surface area (Å²) >= 11 is 1.62. The Bertz CT molecular complexity index is 906. The summed E-state index contributed by atoms with van der Waals surface area (Å²) in [6.07, 6.45) is 11.0. The first kappa shape index (κ1) is 14.9. The highest BCUT2D eigenvalue weighted by molar-refractivity contribution is 7.09. The van der Waals surface area contributed by atoms with Gasteiger partial charge in [0.05, 0.1) is 12.0 Å². The monoisotopic (exact) mass is 339 g/mol. The van der Waals surface area contributed by atoms with Crippen molar-refractivity contribution < 1.29 is 0 Å². The Labute approximate surface area is 143 Å². The predicted octanol–water partition coefficient (Wildman–Crippen LogP) is 2.68. The van der Waals surface area contributed by atoms with E-state index in [1.165, 1.54) is 0 Å². The Morgan fingerprint density at radius 3 is 2.83 bits per heavy atom. The maximum absolute atomic E-state index is 4.73. The van der Waals surface area contributed by atoms with Gasteiger partial charge in [-0.2, -0.15) is 5.10 Å². The van der Waals surface area contributed by atoms with Crippen molar-refractivity contribution in [3.05, 3.63) is 58.7 Å². The van der Waals surface area contributed by atoms with Crippen molar-refractivity contribution in [3.63, 3.8) is 0 Å². The van der Waals surface area contributed by atoms with E-state index >= 15 is 0 Å². The van der Waals surface area contributed by atoms with Gasteiger partial charge in [0.25, 0.3) is 0 Å². The number of imidazole rings is 1. The molecule has 4 rings (SSSR count). The molecule has 0 bridgehead atoms. The number of aryl methyl sites for hydroxylation is 2. The van der Waals surface area contributed by atoms with Crippen LogP contribution >= 0.6 is 11.3 Å². The lowest BCUT2D eigenvalue weighted by atomic mass is 10.0. The van der Waals surface area contributed by atoms with Gasteiger partial charge in [-0.15, -0.1) is 11.3 Å². The number of rotatable bonds is 5. The fraction of sp³-hybridized carbons (Fsp3) is 0.312. The van der Waals surface area contributed by atoms with Crippen LogP contribution in [-0.2, 0) is 6.42 Å². The first-order valence-corrected chi connectivity index (χ1v) is 8.73. The molecule has 0 spiro atoms. The van der Waals surface area contributed by atoms with Gasteiger partial charge in [-0.05, 0) is 13.3 Å². The van der Waals surface area contributed by atoms with Crippen molar-refractivity contribution in [1.29, 1.82) is 0 Å². The zero-order chi connectivity index (χ0) is 16.5. The molecule has 1 atom stereocenters. The summed E-state index contributed by atoms with van der Waals surface area (Å²) < 4.78 is 3.80. The van der Waals surface area contributed by atoms with E-state index in [9.17, 15) is 0 Å². The molecule has 1 unspecified atom stereocenters. The quantitative estimate of drug-likeness (QED) is 0.559. The van der Waals surface area contributed by atoms with Crippen molar-refractivity contribution in [1.82, 2.24) is 34.1 Å². The number of thiazole rings is 1. The van der Waals surface area contributed by atoms with Crippen LogP contribution in [0, 0.1) is 6.92 Å². The summed E-state index contributed by atoms with van der Waals surface area (Å²) in [4.78, 5) is 18.1. The lowest BCUT2D eigenvalue weighted by Crippen LogP contribution is -2.16. The molecule has 0 saturated heterocycles. The second-order valence-corrected chi connectivity index (χ2v) is 6.49. The molecule has 0 aliphatic carbocycles. The maximum Gasteiger partial charge on any atom is 0.162 e. The Balaban J connectivity index is 1.96. The van der Waals surface area contributed by atoms with Crippen LogP contribution in [0.2, 0.25) is 0 Å². The van der Waals surface area contributed by atoms with E-state index in [0.717, 1.165) is 40.6 Å². The molecule has 122 valence electrons. The predicted molar refractivity (Wildman–Crippen MR) is 91.1 cm³/mol. The standard InChI is InChI=1S/C16H17N7S/c1-3-4-12-13(19-10-23-15(12)20-11(2)21-23)14(16-18-6-8-24-16)22-7-5-17-9-22/h5-10,14H,3-4H2,1-2H3. The third-order valence-corrected chi connectivity index (χ3v) is 4.72. The van der Waals surface area contributed by atoms with Crippen LogP contribution in [0.5, 0.6) is 0 Å². The van der Waals surface area contributed by atoms with Crippen molar-refractivity contribution in [2.45, 2.75) is 32.7 Å². The minimum atomic E-state index is -0.101. The largest absolute Gasteiger partial charge is 0.322 e. The SMILES string of the molecule is CCCc1c(C(c2nccs2)n2ccnc2)ncn2nc(C)nc12. The van der Waals surface area contributed by atoms with Gasteiger partial charge >= 0.3 is 0 Å². The van der Waals surface area contributed by atoms with Crippen LogP contribution in [0.25, 0.3) is 5.65 Å². The van der Waals surface area contributed by atoms with Gasteiger partial charge in [-0.1, -0.05) is 13.3 Å². The topological polar surface area (TPSA) is 73.8 Å². The highest BCUT2D eigenvalue weighted by Crippen LogP contribution is 2.30. The number of hydrogen-bond donors (Lipinski definition) is 0. The number of nitrogens with zero attached hydrogens (tertiary/aromatic N) is 7. The van der Waals surface area contributed by atoms with Crippen molar-refractivity contribution in [3.8, 4) is 0 Å². The van der Waals surface area contributed by atoms with Crippen LogP contribution in [0.3, 0.4) is 0 Å². The second-order valence-electron chi connectivity index (χ2n) is 5.57. The normalized spacial score (nSPS) is 12.8. The van der Waals surface area contributed by atoms with E-state index in [1.54, 1.807) is 28.4 Å². The van der Waals surface area contributed by atoms with E-state index in [4.69, 9.17) is 4.98 Å². The molecule has 0 fully saturated rings. The Kier molecular flexibility index (Phi) is 3.81. The molecular weight excluding hydrogens is 322 g/mol. The molecule has 8 heteroatoms. The summed E-state index contributed by atoms with van der Waals surface area (Å²) in [6.45, 7) is 4.06. The summed E-state index contributed by atoms with van der Waals surface area (Å²) in [5.74, 6) is 0.750. The second kappa shape index (κ2) is 6.12. The van der Waals surface area contributed by atoms with Crippen LogP contribution in [-0.4, -0.2) is 34.1 Å². The highest BCUT2D eigenvalue weighted by Gasteiger charge is 2.25. The van der Waals surface area contributed by atoms with Crippen molar-refractivity contribution >= 4 is 17.0 Å². The minimum Gasteiger partial charge on any atom is -0.322 e. The minimum absolute atomic E-state index is 0.101. The number of aromatic nitrogens is 7.